The van der Waals surface area contributed by atoms with E-state index in [9.17, 15) is 35.9 Å². The second-order valence-electron chi connectivity index (χ2n) is 6.56. The van der Waals surface area contributed by atoms with Crippen LogP contribution in [0.25, 0.3) is 0 Å². The van der Waals surface area contributed by atoms with Crippen molar-refractivity contribution in [1.82, 2.24) is 4.90 Å². The maximum Gasteiger partial charge on any atom is 0.416 e. The number of alkyl halides is 6. The quantitative estimate of drug-likeness (QED) is 0.302. The van der Waals surface area contributed by atoms with Gasteiger partial charge in [-0.25, -0.2) is 0 Å². The Bertz CT molecular complexity index is 889. The Balaban J connectivity index is 2.17. The van der Waals surface area contributed by atoms with Crippen molar-refractivity contribution < 1.29 is 35.9 Å². The summed E-state index contributed by atoms with van der Waals surface area (Å²) < 4.78 is 75.8. The number of carbonyl (C=O) groups is 2. The summed E-state index contributed by atoms with van der Waals surface area (Å²) in [5.74, 6) is -1.84. The van der Waals surface area contributed by atoms with Gasteiger partial charge in [0.1, 0.15) is 5.57 Å². The second kappa shape index (κ2) is 9.11. The fourth-order valence-corrected chi connectivity index (χ4v) is 2.36. The highest BCUT2D eigenvalue weighted by Gasteiger charge is 2.31. The number of anilines is 2. The van der Waals surface area contributed by atoms with Crippen LogP contribution in [0.1, 0.15) is 11.1 Å². The zero-order chi connectivity index (χ0) is 23.4. The SMILES string of the molecule is CN(C)C=C(C(=O)Nc1ccc(C(F)(F)F)cc1)C(=O)Nc1ccc(C(F)(F)F)cc1. The van der Waals surface area contributed by atoms with E-state index >= 15 is 0 Å². The molecule has 0 aromatic heterocycles. The van der Waals surface area contributed by atoms with Crippen molar-refractivity contribution in [1.29, 1.82) is 0 Å². The smallest absolute Gasteiger partial charge is 0.383 e. The lowest BCUT2D eigenvalue weighted by molar-refractivity contribution is -0.138. The lowest BCUT2D eigenvalue weighted by Crippen LogP contribution is -2.27. The van der Waals surface area contributed by atoms with Crippen LogP contribution < -0.4 is 10.6 Å². The molecule has 11 heteroatoms. The van der Waals surface area contributed by atoms with Crippen molar-refractivity contribution >= 4 is 23.2 Å². The largest absolute Gasteiger partial charge is 0.416 e. The van der Waals surface area contributed by atoms with E-state index in [1.54, 1.807) is 0 Å². The number of rotatable bonds is 5. The average Bonchev–Trinajstić information content (AvgIpc) is 2.65. The van der Waals surface area contributed by atoms with Gasteiger partial charge in [-0.15, -0.1) is 0 Å². The Labute approximate surface area is 173 Å². The van der Waals surface area contributed by atoms with Crippen LogP contribution in [-0.2, 0) is 21.9 Å². The number of amides is 2. The summed E-state index contributed by atoms with van der Waals surface area (Å²) in [6.07, 6.45) is -7.92. The third kappa shape index (κ3) is 6.76. The van der Waals surface area contributed by atoms with Gasteiger partial charge in [0.05, 0.1) is 11.1 Å². The number of hydrogen-bond acceptors (Lipinski definition) is 3. The van der Waals surface area contributed by atoms with Gasteiger partial charge < -0.3 is 15.5 Å². The summed E-state index contributed by atoms with van der Waals surface area (Å²) in [7, 11) is 3.05. The molecule has 2 aromatic carbocycles. The first kappa shape index (κ1) is 23.8. The Morgan fingerprint density at radius 1 is 0.710 bits per heavy atom. The van der Waals surface area contributed by atoms with E-state index in [2.05, 4.69) is 10.6 Å². The molecule has 0 spiro atoms. The zero-order valence-electron chi connectivity index (χ0n) is 16.2. The van der Waals surface area contributed by atoms with Gasteiger partial charge in [-0.1, -0.05) is 0 Å². The van der Waals surface area contributed by atoms with Gasteiger partial charge in [0, 0.05) is 31.7 Å². The highest BCUT2D eigenvalue weighted by Crippen LogP contribution is 2.31. The summed E-state index contributed by atoms with van der Waals surface area (Å²) in [4.78, 5) is 26.4. The average molecular weight is 445 g/mol. The lowest BCUT2D eigenvalue weighted by atomic mass is 10.1. The molecule has 0 saturated carbocycles. The fraction of sp³-hybridized carbons (Fsp3) is 0.200. The first-order chi connectivity index (χ1) is 14.3. The number of hydrogen-bond donors (Lipinski definition) is 2. The minimum atomic E-state index is -4.54. The van der Waals surface area contributed by atoms with Crippen molar-refractivity contribution in [2.75, 3.05) is 24.7 Å². The van der Waals surface area contributed by atoms with Crippen LogP contribution in [0.2, 0.25) is 0 Å². The van der Waals surface area contributed by atoms with Crippen LogP contribution >= 0.6 is 0 Å². The third-order valence-electron chi connectivity index (χ3n) is 3.82. The van der Waals surface area contributed by atoms with Gasteiger partial charge >= 0.3 is 12.4 Å². The molecule has 0 atom stereocenters. The van der Waals surface area contributed by atoms with E-state index in [-0.39, 0.29) is 11.4 Å². The molecule has 31 heavy (non-hydrogen) atoms. The van der Waals surface area contributed by atoms with Crippen LogP contribution in [0.4, 0.5) is 37.7 Å². The van der Waals surface area contributed by atoms with E-state index in [1.807, 2.05) is 0 Å². The van der Waals surface area contributed by atoms with E-state index < -0.39 is 40.9 Å². The second-order valence-corrected chi connectivity index (χ2v) is 6.56. The predicted octanol–water partition coefficient (Wildman–Crippen LogP) is 4.75. The van der Waals surface area contributed by atoms with Gasteiger partial charge in [-0.3, -0.25) is 9.59 Å². The molecule has 0 aliphatic heterocycles. The normalized spacial score (nSPS) is 11.5. The molecule has 0 bridgehead atoms. The van der Waals surface area contributed by atoms with Gasteiger partial charge in [-0.05, 0) is 48.5 Å². The Morgan fingerprint density at radius 2 is 1.03 bits per heavy atom. The molecule has 5 nitrogen and oxygen atoms in total. The fourth-order valence-electron chi connectivity index (χ4n) is 2.36. The minimum Gasteiger partial charge on any atom is -0.383 e. The molecule has 0 aliphatic rings. The molecule has 2 aromatic rings. The van der Waals surface area contributed by atoms with E-state index in [0.29, 0.717) is 0 Å². The number of nitrogens with one attached hydrogen (secondary N) is 2. The van der Waals surface area contributed by atoms with Crippen LogP contribution in [0.3, 0.4) is 0 Å². The number of carbonyl (C=O) groups excluding carboxylic acids is 2. The van der Waals surface area contributed by atoms with Gasteiger partial charge in [0.2, 0.25) is 0 Å². The van der Waals surface area contributed by atoms with E-state index in [1.165, 1.54) is 25.2 Å². The first-order valence-electron chi connectivity index (χ1n) is 8.63. The molecule has 0 saturated heterocycles. The van der Waals surface area contributed by atoms with E-state index in [4.69, 9.17) is 0 Å². The maximum absolute atomic E-state index is 12.6. The summed E-state index contributed by atoms with van der Waals surface area (Å²) in [6, 6.07) is 7.20. The van der Waals surface area contributed by atoms with E-state index in [0.717, 1.165) is 48.5 Å². The van der Waals surface area contributed by atoms with Gasteiger partial charge in [0.15, 0.2) is 0 Å². The Kier molecular flexibility index (Phi) is 6.98. The van der Waals surface area contributed by atoms with Crippen LogP contribution in [0, 0.1) is 0 Å². The zero-order valence-corrected chi connectivity index (χ0v) is 16.2. The molecule has 0 aliphatic carbocycles. The molecule has 0 fully saturated rings. The van der Waals surface area contributed by atoms with Gasteiger partial charge in [-0.2, -0.15) is 26.3 Å². The molecule has 0 radical (unpaired) electrons. The van der Waals surface area contributed by atoms with Crippen molar-refractivity contribution in [3.05, 3.63) is 71.4 Å². The summed E-state index contributed by atoms with van der Waals surface area (Å²) >= 11 is 0. The maximum atomic E-state index is 12.6. The highest BCUT2D eigenvalue weighted by atomic mass is 19.4. The Morgan fingerprint density at radius 3 is 1.29 bits per heavy atom. The van der Waals surface area contributed by atoms with Crippen LogP contribution in [0.15, 0.2) is 60.3 Å². The van der Waals surface area contributed by atoms with Crippen LogP contribution in [-0.4, -0.2) is 30.8 Å². The molecule has 0 heterocycles. The molecular formula is C20H17F6N3O2. The molecular weight excluding hydrogens is 428 g/mol. The van der Waals surface area contributed by atoms with Crippen molar-refractivity contribution in [3.63, 3.8) is 0 Å². The number of benzene rings is 2. The first-order valence-corrected chi connectivity index (χ1v) is 8.63. The molecule has 0 unspecified atom stereocenters. The number of halogens is 6. The third-order valence-corrected chi connectivity index (χ3v) is 3.82. The standard InChI is InChI=1S/C20H17F6N3O2/c1-29(2)11-16(17(30)27-14-7-3-12(4-8-14)19(21,22)23)18(31)28-15-9-5-13(6-10-15)20(24,25)26/h3-11H,1-2H3,(H,27,30)(H,28,31). The molecule has 2 rings (SSSR count). The monoisotopic (exact) mass is 445 g/mol. The van der Waals surface area contributed by atoms with Crippen molar-refractivity contribution in [3.8, 4) is 0 Å². The summed E-state index contributed by atoms with van der Waals surface area (Å²) in [6.45, 7) is 0. The van der Waals surface area contributed by atoms with Gasteiger partial charge in [0.25, 0.3) is 11.8 Å². The van der Waals surface area contributed by atoms with Crippen LogP contribution in [0.5, 0.6) is 0 Å². The summed E-state index contributed by atoms with van der Waals surface area (Å²) in [5.41, 5.74) is -2.19. The molecule has 2 amide bonds. The summed E-state index contributed by atoms with van der Waals surface area (Å²) in [5, 5.41) is 4.62. The Hall–Kier alpha value is -3.50. The minimum absolute atomic E-state index is 0.0185. The molecule has 166 valence electrons. The lowest BCUT2D eigenvalue weighted by Gasteiger charge is -2.14. The highest BCUT2D eigenvalue weighted by molar-refractivity contribution is 6.26. The van der Waals surface area contributed by atoms with Crippen molar-refractivity contribution in [2.45, 2.75) is 12.4 Å². The van der Waals surface area contributed by atoms with Crippen molar-refractivity contribution in [2.24, 2.45) is 0 Å². The number of nitrogens with zero attached hydrogens (tertiary/aromatic N) is 1. The predicted molar refractivity (Wildman–Crippen MR) is 102 cm³/mol. The topological polar surface area (TPSA) is 61.4 Å². The molecule has 2 N–H and O–H groups in total.